The van der Waals surface area contributed by atoms with Crippen molar-refractivity contribution in [1.82, 2.24) is 4.90 Å². The molecule has 1 heterocycles. The quantitative estimate of drug-likeness (QED) is 0.694. The van der Waals surface area contributed by atoms with Gasteiger partial charge in [0.15, 0.2) is 0 Å². The molecule has 1 fully saturated rings. The van der Waals surface area contributed by atoms with E-state index in [0.29, 0.717) is 28.0 Å². The average molecular weight is 378 g/mol. The number of amides is 1. The highest BCUT2D eigenvalue weighted by molar-refractivity contribution is 6.34. The van der Waals surface area contributed by atoms with Gasteiger partial charge in [-0.15, -0.1) is 0 Å². The summed E-state index contributed by atoms with van der Waals surface area (Å²) in [7, 11) is 0. The number of carbonyl (C=O) groups is 1. The molecule has 0 aromatic heterocycles. The SMILES string of the molecule is O=C(c1cccc(COc2cc(Cl)ccc2Cl)c1)N1CCCCCC1. The van der Waals surface area contributed by atoms with Crippen LogP contribution in [0.4, 0.5) is 0 Å². The van der Waals surface area contributed by atoms with E-state index < -0.39 is 0 Å². The molecule has 1 aliphatic heterocycles. The van der Waals surface area contributed by atoms with Gasteiger partial charge in [-0.3, -0.25) is 4.79 Å². The molecule has 0 N–H and O–H groups in total. The Balaban J connectivity index is 1.68. The second-order valence-electron chi connectivity index (χ2n) is 6.27. The fraction of sp³-hybridized carbons (Fsp3) is 0.350. The first kappa shape index (κ1) is 18.1. The Bertz CT molecular complexity index is 740. The second-order valence-corrected chi connectivity index (χ2v) is 7.11. The van der Waals surface area contributed by atoms with Gasteiger partial charge < -0.3 is 9.64 Å². The van der Waals surface area contributed by atoms with Crippen molar-refractivity contribution in [1.29, 1.82) is 0 Å². The Morgan fingerprint density at radius 1 is 1.00 bits per heavy atom. The van der Waals surface area contributed by atoms with Gasteiger partial charge in [-0.2, -0.15) is 0 Å². The molecular formula is C20H21Cl2NO2. The van der Waals surface area contributed by atoms with Crippen LogP contribution in [-0.2, 0) is 6.61 Å². The standard InChI is InChI=1S/C20H21Cl2NO2/c21-17-8-9-18(22)19(13-17)25-14-15-6-5-7-16(12-15)20(24)23-10-3-1-2-4-11-23/h5-9,12-13H,1-4,10-11,14H2. The molecule has 1 saturated heterocycles. The number of hydrogen-bond acceptors (Lipinski definition) is 2. The van der Waals surface area contributed by atoms with Crippen molar-refractivity contribution in [2.45, 2.75) is 32.3 Å². The summed E-state index contributed by atoms with van der Waals surface area (Å²) in [4.78, 5) is 14.7. The van der Waals surface area contributed by atoms with Gasteiger partial charge in [0, 0.05) is 29.7 Å². The van der Waals surface area contributed by atoms with Crippen LogP contribution < -0.4 is 4.74 Å². The molecule has 0 bridgehead atoms. The number of likely N-dealkylation sites (tertiary alicyclic amines) is 1. The van der Waals surface area contributed by atoms with E-state index in [9.17, 15) is 4.79 Å². The van der Waals surface area contributed by atoms with Crippen molar-refractivity contribution in [3.63, 3.8) is 0 Å². The maximum atomic E-state index is 12.7. The molecule has 2 aromatic carbocycles. The number of benzene rings is 2. The smallest absolute Gasteiger partial charge is 0.253 e. The highest BCUT2D eigenvalue weighted by Crippen LogP contribution is 2.28. The molecule has 1 amide bonds. The summed E-state index contributed by atoms with van der Waals surface area (Å²) in [6, 6.07) is 12.7. The van der Waals surface area contributed by atoms with Gasteiger partial charge in [0.05, 0.1) is 5.02 Å². The minimum absolute atomic E-state index is 0.101. The van der Waals surface area contributed by atoms with Crippen molar-refractivity contribution in [3.8, 4) is 5.75 Å². The summed E-state index contributed by atoms with van der Waals surface area (Å²) >= 11 is 12.1. The molecule has 25 heavy (non-hydrogen) atoms. The van der Waals surface area contributed by atoms with Crippen LogP contribution in [0.25, 0.3) is 0 Å². The zero-order valence-corrected chi connectivity index (χ0v) is 15.5. The van der Waals surface area contributed by atoms with Gasteiger partial charge in [-0.1, -0.05) is 48.2 Å². The third-order valence-electron chi connectivity index (χ3n) is 4.35. The Morgan fingerprint density at radius 3 is 2.52 bits per heavy atom. The lowest BCUT2D eigenvalue weighted by molar-refractivity contribution is 0.0761. The maximum Gasteiger partial charge on any atom is 0.253 e. The van der Waals surface area contributed by atoms with Gasteiger partial charge in [0.2, 0.25) is 0 Å². The number of nitrogens with zero attached hydrogens (tertiary/aromatic N) is 1. The van der Waals surface area contributed by atoms with Crippen LogP contribution in [0.5, 0.6) is 5.75 Å². The van der Waals surface area contributed by atoms with Crippen LogP contribution in [0.3, 0.4) is 0 Å². The van der Waals surface area contributed by atoms with E-state index in [-0.39, 0.29) is 5.91 Å². The first-order valence-electron chi connectivity index (χ1n) is 8.59. The number of hydrogen-bond donors (Lipinski definition) is 0. The molecule has 0 saturated carbocycles. The molecule has 0 radical (unpaired) electrons. The highest BCUT2D eigenvalue weighted by atomic mass is 35.5. The van der Waals surface area contributed by atoms with Gasteiger partial charge >= 0.3 is 0 Å². The van der Waals surface area contributed by atoms with Gasteiger partial charge in [-0.25, -0.2) is 0 Å². The zero-order chi connectivity index (χ0) is 17.6. The zero-order valence-electron chi connectivity index (χ0n) is 14.0. The molecule has 132 valence electrons. The lowest BCUT2D eigenvalue weighted by Crippen LogP contribution is -2.31. The number of ether oxygens (including phenoxy) is 1. The van der Waals surface area contributed by atoms with Crippen LogP contribution >= 0.6 is 23.2 Å². The fourth-order valence-electron chi connectivity index (χ4n) is 3.00. The van der Waals surface area contributed by atoms with E-state index in [0.717, 1.165) is 31.5 Å². The largest absolute Gasteiger partial charge is 0.487 e. The lowest BCUT2D eigenvalue weighted by atomic mass is 10.1. The molecule has 0 unspecified atom stereocenters. The summed E-state index contributed by atoms with van der Waals surface area (Å²) in [5.74, 6) is 0.642. The molecule has 2 aromatic rings. The van der Waals surface area contributed by atoms with Crippen molar-refractivity contribution < 1.29 is 9.53 Å². The van der Waals surface area contributed by atoms with E-state index in [1.54, 1.807) is 18.2 Å². The van der Waals surface area contributed by atoms with Gasteiger partial charge in [-0.05, 0) is 42.7 Å². The molecule has 1 aliphatic rings. The van der Waals surface area contributed by atoms with Crippen molar-refractivity contribution >= 4 is 29.1 Å². The fourth-order valence-corrected chi connectivity index (χ4v) is 3.33. The Morgan fingerprint density at radius 2 is 1.76 bits per heavy atom. The molecule has 0 atom stereocenters. The van der Waals surface area contributed by atoms with Crippen LogP contribution in [0.15, 0.2) is 42.5 Å². The molecule has 5 heteroatoms. The highest BCUT2D eigenvalue weighted by Gasteiger charge is 2.17. The van der Waals surface area contributed by atoms with E-state index in [1.165, 1.54) is 12.8 Å². The van der Waals surface area contributed by atoms with Crippen molar-refractivity contribution in [3.05, 3.63) is 63.6 Å². The molecular weight excluding hydrogens is 357 g/mol. The maximum absolute atomic E-state index is 12.7. The summed E-state index contributed by atoms with van der Waals surface area (Å²) in [5.41, 5.74) is 1.64. The van der Waals surface area contributed by atoms with Gasteiger partial charge in [0.25, 0.3) is 5.91 Å². The van der Waals surface area contributed by atoms with Crippen LogP contribution in [0.2, 0.25) is 10.0 Å². The lowest BCUT2D eigenvalue weighted by Gasteiger charge is -2.20. The monoisotopic (exact) mass is 377 g/mol. The van der Waals surface area contributed by atoms with Crippen molar-refractivity contribution in [2.75, 3.05) is 13.1 Å². The predicted octanol–water partition coefficient (Wildman–Crippen LogP) is 5.59. The molecule has 0 aliphatic carbocycles. The minimum atomic E-state index is 0.101. The van der Waals surface area contributed by atoms with Crippen molar-refractivity contribution in [2.24, 2.45) is 0 Å². The Labute approximate surface area is 158 Å². The Hall–Kier alpha value is -1.71. The van der Waals surface area contributed by atoms with Gasteiger partial charge in [0.1, 0.15) is 12.4 Å². The number of rotatable bonds is 4. The normalized spacial score (nSPS) is 14.9. The average Bonchev–Trinajstić information content (AvgIpc) is 2.91. The second kappa shape index (κ2) is 8.59. The molecule has 0 spiro atoms. The Kier molecular flexibility index (Phi) is 6.22. The third kappa shape index (κ3) is 4.90. The van der Waals surface area contributed by atoms with Crippen LogP contribution in [-0.4, -0.2) is 23.9 Å². The number of carbonyl (C=O) groups excluding carboxylic acids is 1. The molecule has 3 rings (SSSR count). The predicted molar refractivity (Wildman–Crippen MR) is 102 cm³/mol. The first-order chi connectivity index (χ1) is 12.1. The van der Waals surface area contributed by atoms with E-state index >= 15 is 0 Å². The van der Waals surface area contributed by atoms with E-state index in [4.69, 9.17) is 27.9 Å². The molecule has 3 nitrogen and oxygen atoms in total. The summed E-state index contributed by atoms with van der Waals surface area (Å²) in [5, 5.41) is 1.09. The van der Waals surface area contributed by atoms with Crippen LogP contribution in [0, 0.1) is 0 Å². The topological polar surface area (TPSA) is 29.5 Å². The van der Waals surface area contributed by atoms with E-state index in [1.807, 2.05) is 29.2 Å². The number of halogens is 2. The van der Waals surface area contributed by atoms with E-state index in [2.05, 4.69) is 0 Å². The summed E-state index contributed by atoms with van der Waals surface area (Å²) < 4.78 is 5.76. The summed E-state index contributed by atoms with van der Waals surface area (Å²) in [6.07, 6.45) is 4.58. The third-order valence-corrected chi connectivity index (χ3v) is 4.90. The van der Waals surface area contributed by atoms with Crippen LogP contribution in [0.1, 0.15) is 41.6 Å². The minimum Gasteiger partial charge on any atom is -0.487 e. The first-order valence-corrected chi connectivity index (χ1v) is 9.35. The summed E-state index contributed by atoms with van der Waals surface area (Å²) in [6.45, 7) is 2.02.